The molecule has 3 atom stereocenters. The second kappa shape index (κ2) is 9.09. The van der Waals surface area contributed by atoms with Gasteiger partial charge in [-0.1, -0.05) is 18.6 Å². The first-order chi connectivity index (χ1) is 12.3. The number of amides is 1. The zero-order chi connectivity index (χ0) is 17.5. The van der Waals surface area contributed by atoms with Gasteiger partial charge in [-0.25, -0.2) is 0 Å². The summed E-state index contributed by atoms with van der Waals surface area (Å²) in [6.45, 7) is 2.73. The molecule has 138 valence electrons. The average Bonchev–Trinajstić information content (AvgIpc) is 2.66. The summed E-state index contributed by atoms with van der Waals surface area (Å²) in [5.41, 5.74) is 0. The molecule has 1 unspecified atom stereocenters. The van der Waals surface area contributed by atoms with Gasteiger partial charge in [0.2, 0.25) is 0 Å². The highest BCUT2D eigenvalue weighted by molar-refractivity contribution is 5.76. The lowest BCUT2D eigenvalue weighted by Crippen LogP contribution is -3.18. The van der Waals surface area contributed by atoms with Crippen molar-refractivity contribution in [2.45, 2.75) is 44.6 Å². The van der Waals surface area contributed by atoms with Gasteiger partial charge in [0.15, 0.2) is 18.0 Å². The van der Waals surface area contributed by atoms with E-state index in [1.807, 2.05) is 24.3 Å². The summed E-state index contributed by atoms with van der Waals surface area (Å²) in [5.74, 6) is 2.42. The maximum Gasteiger partial charge on any atom is 0.275 e. The molecule has 0 bridgehead atoms. The van der Waals surface area contributed by atoms with Crippen LogP contribution in [0.5, 0.6) is 11.5 Å². The molecule has 1 aliphatic carbocycles. The van der Waals surface area contributed by atoms with Crippen molar-refractivity contribution in [2.75, 3.05) is 33.4 Å². The third kappa shape index (κ3) is 4.88. The van der Waals surface area contributed by atoms with Crippen molar-refractivity contribution in [2.24, 2.45) is 5.92 Å². The number of methoxy groups -OCH3 is 1. The van der Waals surface area contributed by atoms with Gasteiger partial charge in [0, 0.05) is 5.92 Å². The van der Waals surface area contributed by atoms with Crippen LogP contribution in [0.1, 0.15) is 38.5 Å². The first kappa shape index (κ1) is 18.1. The van der Waals surface area contributed by atoms with Crippen LogP contribution in [-0.4, -0.2) is 45.3 Å². The standard InChI is InChI=1S/C20H30N2O3/c1-24-18-10-4-5-11-19(18)25-14-12-21-20(23)15-22-13-6-8-16-7-2-3-9-17(16)22/h4-5,10-11,16-17H,2-3,6-9,12-15H2,1H3,(H,21,23)/p+1/t16-,17-/m0/s1. The normalized spacial score (nSPS) is 25.7. The number of quaternary nitrogens is 1. The average molecular weight is 347 g/mol. The quantitative estimate of drug-likeness (QED) is 0.734. The van der Waals surface area contributed by atoms with Gasteiger partial charge in [0.05, 0.1) is 26.2 Å². The number of hydrogen-bond donors (Lipinski definition) is 2. The van der Waals surface area contributed by atoms with E-state index in [0.29, 0.717) is 31.5 Å². The summed E-state index contributed by atoms with van der Waals surface area (Å²) in [5, 5.41) is 3.01. The van der Waals surface area contributed by atoms with Crippen molar-refractivity contribution in [3.63, 3.8) is 0 Å². The molecule has 2 fully saturated rings. The van der Waals surface area contributed by atoms with E-state index in [-0.39, 0.29) is 5.91 Å². The van der Waals surface area contributed by atoms with Crippen molar-refractivity contribution in [1.29, 1.82) is 0 Å². The minimum absolute atomic E-state index is 0.143. The molecule has 0 radical (unpaired) electrons. The highest BCUT2D eigenvalue weighted by atomic mass is 16.5. The zero-order valence-electron chi connectivity index (χ0n) is 15.3. The number of hydrogen-bond acceptors (Lipinski definition) is 3. The number of likely N-dealkylation sites (tertiary alicyclic amines) is 1. The van der Waals surface area contributed by atoms with Gasteiger partial charge >= 0.3 is 0 Å². The predicted molar refractivity (Wildman–Crippen MR) is 97.2 cm³/mol. The van der Waals surface area contributed by atoms with Crippen LogP contribution in [0.2, 0.25) is 0 Å². The number of carbonyl (C=O) groups is 1. The summed E-state index contributed by atoms with van der Waals surface area (Å²) in [7, 11) is 1.63. The summed E-state index contributed by atoms with van der Waals surface area (Å²) >= 11 is 0. The maximum absolute atomic E-state index is 12.3. The number of carbonyl (C=O) groups excluding carboxylic acids is 1. The second-order valence-corrected chi connectivity index (χ2v) is 7.23. The third-order valence-electron chi connectivity index (χ3n) is 5.64. The zero-order valence-corrected chi connectivity index (χ0v) is 15.3. The van der Waals surface area contributed by atoms with Gasteiger partial charge in [-0.3, -0.25) is 4.79 Å². The molecule has 0 aromatic heterocycles. The van der Waals surface area contributed by atoms with Crippen LogP contribution < -0.4 is 19.7 Å². The monoisotopic (exact) mass is 347 g/mol. The maximum atomic E-state index is 12.3. The second-order valence-electron chi connectivity index (χ2n) is 7.23. The van der Waals surface area contributed by atoms with E-state index in [1.165, 1.54) is 43.4 Å². The Hall–Kier alpha value is -1.75. The van der Waals surface area contributed by atoms with Crippen LogP contribution in [0.3, 0.4) is 0 Å². The Bertz CT molecular complexity index is 562. The first-order valence-corrected chi connectivity index (χ1v) is 9.65. The smallest absolute Gasteiger partial charge is 0.275 e. The number of para-hydroxylation sites is 2. The molecule has 3 rings (SSSR count). The molecule has 1 aromatic rings. The van der Waals surface area contributed by atoms with Crippen molar-refractivity contribution >= 4 is 5.91 Å². The molecule has 2 N–H and O–H groups in total. The van der Waals surface area contributed by atoms with Crippen molar-refractivity contribution in [1.82, 2.24) is 5.32 Å². The first-order valence-electron chi connectivity index (χ1n) is 9.65. The van der Waals surface area contributed by atoms with Crippen LogP contribution in [0.4, 0.5) is 0 Å². The van der Waals surface area contributed by atoms with E-state index in [0.717, 1.165) is 18.2 Å². The Balaban J connectivity index is 1.39. The van der Waals surface area contributed by atoms with E-state index in [1.54, 1.807) is 7.11 Å². The highest BCUT2D eigenvalue weighted by Crippen LogP contribution is 2.28. The van der Waals surface area contributed by atoms with Crippen LogP contribution in [0.25, 0.3) is 0 Å². The van der Waals surface area contributed by atoms with Crippen LogP contribution in [-0.2, 0) is 4.79 Å². The molecule has 1 saturated heterocycles. The van der Waals surface area contributed by atoms with Gasteiger partial charge in [0.25, 0.3) is 5.91 Å². The van der Waals surface area contributed by atoms with Gasteiger partial charge in [-0.2, -0.15) is 0 Å². The van der Waals surface area contributed by atoms with E-state index < -0.39 is 0 Å². The molecule has 5 heteroatoms. The summed E-state index contributed by atoms with van der Waals surface area (Å²) in [6, 6.07) is 8.28. The Kier molecular flexibility index (Phi) is 6.56. The minimum Gasteiger partial charge on any atom is -0.493 e. The predicted octanol–water partition coefficient (Wildman–Crippen LogP) is 1.43. The molecule has 1 aliphatic heterocycles. The molecule has 1 saturated carbocycles. The number of benzene rings is 1. The van der Waals surface area contributed by atoms with E-state index in [2.05, 4.69) is 5.32 Å². The number of fused-ring (bicyclic) bond motifs is 1. The van der Waals surface area contributed by atoms with E-state index in [4.69, 9.17) is 9.47 Å². The molecule has 1 amide bonds. The van der Waals surface area contributed by atoms with Crippen LogP contribution in [0, 0.1) is 5.92 Å². The fraction of sp³-hybridized carbons (Fsp3) is 0.650. The minimum atomic E-state index is 0.143. The fourth-order valence-electron chi connectivity index (χ4n) is 4.45. The molecule has 1 heterocycles. The molecule has 2 aliphatic rings. The molecular weight excluding hydrogens is 316 g/mol. The van der Waals surface area contributed by atoms with Crippen molar-refractivity contribution in [3.05, 3.63) is 24.3 Å². The van der Waals surface area contributed by atoms with Gasteiger partial charge in [-0.05, 0) is 44.2 Å². The van der Waals surface area contributed by atoms with Gasteiger partial charge in [0.1, 0.15) is 6.61 Å². The largest absolute Gasteiger partial charge is 0.493 e. The topological polar surface area (TPSA) is 52.0 Å². The number of ether oxygens (including phenoxy) is 2. The van der Waals surface area contributed by atoms with Crippen molar-refractivity contribution in [3.8, 4) is 11.5 Å². The summed E-state index contributed by atoms with van der Waals surface area (Å²) in [4.78, 5) is 13.8. The fourth-order valence-corrected chi connectivity index (χ4v) is 4.45. The number of piperidine rings is 1. The lowest BCUT2D eigenvalue weighted by atomic mass is 9.78. The third-order valence-corrected chi connectivity index (χ3v) is 5.64. The molecule has 1 aromatic carbocycles. The molecule has 25 heavy (non-hydrogen) atoms. The number of rotatable bonds is 7. The molecule has 5 nitrogen and oxygen atoms in total. The Morgan fingerprint density at radius 3 is 2.76 bits per heavy atom. The van der Waals surface area contributed by atoms with Gasteiger partial charge < -0.3 is 19.7 Å². The molecule has 0 spiro atoms. The lowest BCUT2D eigenvalue weighted by molar-refractivity contribution is -0.928. The van der Waals surface area contributed by atoms with E-state index >= 15 is 0 Å². The summed E-state index contributed by atoms with van der Waals surface area (Å²) < 4.78 is 11.0. The molecular formula is C20H31N2O3+. The van der Waals surface area contributed by atoms with E-state index in [9.17, 15) is 4.79 Å². The Morgan fingerprint density at radius 1 is 1.16 bits per heavy atom. The Labute approximate surface area is 150 Å². The Morgan fingerprint density at radius 2 is 1.92 bits per heavy atom. The van der Waals surface area contributed by atoms with Crippen molar-refractivity contribution < 1.29 is 19.2 Å². The van der Waals surface area contributed by atoms with Crippen LogP contribution in [0.15, 0.2) is 24.3 Å². The van der Waals surface area contributed by atoms with Crippen LogP contribution >= 0.6 is 0 Å². The number of nitrogens with one attached hydrogen (secondary N) is 2. The highest BCUT2D eigenvalue weighted by Gasteiger charge is 2.37. The SMILES string of the molecule is COc1ccccc1OCCNC(=O)C[NH+]1CCC[C@@H]2CCCC[C@@H]21. The van der Waals surface area contributed by atoms with Gasteiger partial charge in [-0.15, -0.1) is 0 Å². The lowest BCUT2D eigenvalue weighted by Gasteiger charge is -2.40. The summed E-state index contributed by atoms with van der Waals surface area (Å²) in [6.07, 6.45) is 8.00.